The Labute approximate surface area is 138 Å². The van der Waals surface area contributed by atoms with E-state index in [1.807, 2.05) is 24.3 Å². The normalized spacial score (nSPS) is 11.7. The third kappa shape index (κ3) is 3.82. The van der Waals surface area contributed by atoms with Crippen molar-refractivity contribution < 1.29 is 12.8 Å². The lowest BCUT2D eigenvalue weighted by Gasteiger charge is -2.07. The number of fused-ring (bicyclic) bond motifs is 1. The SMILES string of the molecule is O=S(=O)(NCCNc1nc2ccccc2o1)c1cccc(Cl)c1. The number of nitrogens with one attached hydrogen (secondary N) is 2. The lowest BCUT2D eigenvalue weighted by molar-refractivity contribution is 0.580. The van der Waals surface area contributed by atoms with Crippen LogP contribution in [0.2, 0.25) is 5.02 Å². The molecule has 0 fully saturated rings. The number of aromatic nitrogens is 1. The molecule has 0 aliphatic carbocycles. The first-order valence-electron chi connectivity index (χ1n) is 6.89. The highest BCUT2D eigenvalue weighted by molar-refractivity contribution is 7.89. The molecule has 0 saturated heterocycles. The molecule has 8 heteroatoms. The molecule has 1 heterocycles. The van der Waals surface area contributed by atoms with Crippen molar-refractivity contribution in [3.8, 4) is 0 Å². The van der Waals surface area contributed by atoms with Gasteiger partial charge in [0.2, 0.25) is 10.0 Å². The van der Waals surface area contributed by atoms with Gasteiger partial charge in [0.05, 0.1) is 4.90 Å². The first-order chi connectivity index (χ1) is 11.0. The van der Waals surface area contributed by atoms with E-state index < -0.39 is 10.0 Å². The topological polar surface area (TPSA) is 84.2 Å². The fourth-order valence-electron chi connectivity index (χ4n) is 2.02. The van der Waals surface area contributed by atoms with Gasteiger partial charge in [-0.05, 0) is 30.3 Å². The summed E-state index contributed by atoms with van der Waals surface area (Å²) in [6.07, 6.45) is 0. The largest absolute Gasteiger partial charge is 0.424 e. The van der Waals surface area contributed by atoms with Gasteiger partial charge < -0.3 is 9.73 Å². The van der Waals surface area contributed by atoms with Crippen molar-refractivity contribution in [3.05, 3.63) is 53.6 Å². The predicted octanol–water partition coefficient (Wildman–Crippen LogP) is 2.87. The summed E-state index contributed by atoms with van der Waals surface area (Å²) < 4.78 is 32.2. The summed E-state index contributed by atoms with van der Waals surface area (Å²) in [6.45, 7) is 0.528. The Kier molecular flexibility index (Phi) is 4.51. The summed E-state index contributed by atoms with van der Waals surface area (Å²) in [5.41, 5.74) is 1.42. The van der Waals surface area contributed by atoms with Crippen molar-refractivity contribution in [1.82, 2.24) is 9.71 Å². The van der Waals surface area contributed by atoms with Gasteiger partial charge in [-0.15, -0.1) is 0 Å². The number of hydrogen-bond donors (Lipinski definition) is 2. The zero-order chi connectivity index (χ0) is 16.3. The Morgan fingerprint density at radius 2 is 1.91 bits per heavy atom. The van der Waals surface area contributed by atoms with E-state index in [1.54, 1.807) is 12.1 Å². The average molecular weight is 352 g/mol. The molecule has 2 N–H and O–H groups in total. The lowest BCUT2D eigenvalue weighted by atomic mass is 10.3. The van der Waals surface area contributed by atoms with Crippen LogP contribution >= 0.6 is 11.6 Å². The van der Waals surface area contributed by atoms with Crippen LogP contribution in [-0.2, 0) is 10.0 Å². The van der Waals surface area contributed by atoms with E-state index in [9.17, 15) is 8.42 Å². The number of nitrogens with zero attached hydrogens (tertiary/aromatic N) is 1. The predicted molar refractivity (Wildman–Crippen MR) is 89.1 cm³/mol. The van der Waals surface area contributed by atoms with E-state index in [1.165, 1.54) is 12.1 Å². The van der Waals surface area contributed by atoms with Crippen molar-refractivity contribution >= 4 is 38.7 Å². The molecule has 3 aromatic rings. The number of anilines is 1. The second-order valence-corrected chi connectivity index (χ2v) is 6.97. The zero-order valence-electron chi connectivity index (χ0n) is 12.0. The van der Waals surface area contributed by atoms with Crippen LogP contribution in [0.3, 0.4) is 0 Å². The highest BCUT2D eigenvalue weighted by Crippen LogP contribution is 2.18. The molecule has 0 bridgehead atoms. The number of halogens is 1. The maximum atomic E-state index is 12.1. The van der Waals surface area contributed by atoms with Gasteiger partial charge >= 0.3 is 0 Å². The van der Waals surface area contributed by atoms with Crippen LogP contribution in [0.25, 0.3) is 11.1 Å². The molecule has 0 unspecified atom stereocenters. The van der Waals surface area contributed by atoms with Crippen molar-refractivity contribution in [1.29, 1.82) is 0 Å². The van der Waals surface area contributed by atoms with Crippen molar-refractivity contribution in [2.75, 3.05) is 18.4 Å². The molecule has 0 spiro atoms. The molecule has 120 valence electrons. The highest BCUT2D eigenvalue weighted by atomic mass is 35.5. The van der Waals surface area contributed by atoms with Crippen LogP contribution in [-0.4, -0.2) is 26.5 Å². The van der Waals surface area contributed by atoms with Crippen LogP contribution in [0.5, 0.6) is 0 Å². The summed E-state index contributed by atoms with van der Waals surface area (Å²) in [4.78, 5) is 4.38. The molecule has 0 aliphatic heterocycles. The number of para-hydroxylation sites is 2. The van der Waals surface area contributed by atoms with E-state index in [0.717, 1.165) is 5.52 Å². The van der Waals surface area contributed by atoms with Crippen LogP contribution in [0.1, 0.15) is 0 Å². The van der Waals surface area contributed by atoms with Crippen molar-refractivity contribution in [2.24, 2.45) is 0 Å². The summed E-state index contributed by atoms with van der Waals surface area (Å²) >= 11 is 5.81. The van der Waals surface area contributed by atoms with Gasteiger partial charge in [-0.2, -0.15) is 4.98 Å². The molecule has 0 amide bonds. The Balaban J connectivity index is 1.56. The zero-order valence-corrected chi connectivity index (χ0v) is 13.6. The maximum absolute atomic E-state index is 12.1. The minimum atomic E-state index is -3.59. The van der Waals surface area contributed by atoms with Crippen LogP contribution in [0.4, 0.5) is 6.01 Å². The Morgan fingerprint density at radius 1 is 1.09 bits per heavy atom. The van der Waals surface area contributed by atoms with Crippen molar-refractivity contribution in [2.45, 2.75) is 4.90 Å². The van der Waals surface area contributed by atoms with E-state index in [2.05, 4.69) is 15.0 Å². The van der Waals surface area contributed by atoms with Gasteiger partial charge in [0.1, 0.15) is 5.52 Å². The first kappa shape index (κ1) is 15.8. The van der Waals surface area contributed by atoms with E-state index in [-0.39, 0.29) is 11.4 Å². The molecule has 0 radical (unpaired) electrons. The van der Waals surface area contributed by atoms with Gasteiger partial charge in [-0.1, -0.05) is 29.8 Å². The van der Waals surface area contributed by atoms with Gasteiger partial charge in [0.15, 0.2) is 5.58 Å². The summed E-state index contributed by atoms with van der Waals surface area (Å²) in [5, 5.41) is 3.31. The molecule has 23 heavy (non-hydrogen) atoms. The fourth-order valence-corrected chi connectivity index (χ4v) is 3.35. The van der Waals surface area contributed by atoms with E-state index >= 15 is 0 Å². The quantitative estimate of drug-likeness (QED) is 0.667. The van der Waals surface area contributed by atoms with Crippen LogP contribution < -0.4 is 10.0 Å². The van der Waals surface area contributed by atoms with Gasteiger partial charge in [0.25, 0.3) is 6.01 Å². The summed E-state index contributed by atoms with van der Waals surface area (Å²) in [5.74, 6) is 0. The molecule has 6 nitrogen and oxygen atoms in total. The van der Waals surface area contributed by atoms with E-state index in [0.29, 0.717) is 23.2 Å². The maximum Gasteiger partial charge on any atom is 0.295 e. The fraction of sp³-hybridized carbons (Fsp3) is 0.133. The highest BCUT2D eigenvalue weighted by Gasteiger charge is 2.13. The first-order valence-corrected chi connectivity index (χ1v) is 8.75. The van der Waals surface area contributed by atoms with Crippen molar-refractivity contribution in [3.63, 3.8) is 0 Å². The Hall–Kier alpha value is -2.09. The standard InChI is InChI=1S/C15H14ClN3O3S/c16-11-4-3-5-12(10-11)23(20,21)18-9-8-17-15-19-13-6-1-2-7-14(13)22-15/h1-7,10,18H,8-9H2,(H,17,19). The van der Waals surface area contributed by atoms with Gasteiger partial charge in [0, 0.05) is 18.1 Å². The molecule has 0 aliphatic rings. The van der Waals surface area contributed by atoms with Gasteiger partial charge in [-0.3, -0.25) is 0 Å². The third-order valence-electron chi connectivity index (χ3n) is 3.09. The molecule has 1 aromatic heterocycles. The molecular formula is C15H14ClN3O3S. The minimum absolute atomic E-state index is 0.131. The third-order valence-corrected chi connectivity index (χ3v) is 4.79. The Morgan fingerprint density at radius 3 is 2.70 bits per heavy atom. The summed E-state index contributed by atoms with van der Waals surface area (Å²) in [7, 11) is -3.59. The molecule has 0 atom stereocenters. The minimum Gasteiger partial charge on any atom is -0.424 e. The lowest BCUT2D eigenvalue weighted by Crippen LogP contribution is -2.28. The monoisotopic (exact) mass is 351 g/mol. The molecule has 0 saturated carbocycles. The number of hydrogen-bond acceptors (Lipinski definition) is 5. The molecular weight excluding hydrogens is 338 g/mol. The number of rotatable bonds is 6. The number of benzene rings is 2. The van der Waals surface area contributed by atoms with Crippen LogP contribution in [0, 0.1) is 0 Å². The second-order valence-electron chi connectivity index (χ2n) is 4.77. The van der Waals surface area contributed by atoms with Crippen LogP contribution in [0.15, 0.2) is 57.8 Å². The summed E-state index contributed by atoms with van der Waals surface area (Å²) in [6, 6.07) is 13.8. The van der Waals surface area contributed by atoms with E-state index in [4.69, 9.17) is 16.0 Å². The second kappa shape index (κ2) is 6.57. The van der Waals surface area contributed by atoms with Gasteiger partial charge in [-0.25, -0.2) is 13.1 Å². The average Bonchev–Trinajstić information content (AvgIpc) is 2.94. The Bertz CT molecular complexity index is 891. The number of sulfonamides is 1. The smallest absolute Gasteiger partial charge is 0.295 e. The number of oxazole rings is 1. The molecule has 2 aromatic carbocycles. The molecule has 3 rings (SSSR count).